The number of hydrogen-bond donors (Lipinski definition) is 1. The van der Waals surface area contributed by atoms with Crippen LogP contribution in [0.3, 0.4) is 0 Å². The Morgan fingerprint density at radius 2 is 1.87 bits per heavy atom. The van der Waals surface area contributed by atoms with Crippen LogP contribution in [0.4, 0.5) is 16.0 Å². The zero-order valence-electron chi connectivity index (χ0n) is 17.9. The van der Waals surface area contributed by atoms with Gasteiger partial charge in [-0.3, -0.25) is 4.90 Å². The molecule has 0 radical (unpaired) electrons. The standard InChI is InChI=1S/C21H27ClFN5O2S/c1-13-8-20(26-21-24-10-18(22)14(2)25-21)19(23)9-17(13)15-4-6-27(7-5-15)16-11-28(12-16)31(3,29)30/h8-10,15-16H,4-7,11-12H2,1-3H3,(H,24,25,26). The van der Waals surface area contributed by atoms with E-state index in [1.165, 1.54) is 16.8 Å². The van der Waals surface area contributed by atoms with E-state index in [-0.39, 0.29) is 5.82 Å². The Morgan fingerprint density at radius 1 is 1.19 bits per heavy atom. The summed E-state index contributed by atoms with van der Waals surface area (Å²) in [5.74, 6) is 0.270. The van der Waals surface area contributed by atoms with Gasteiger partial charge in [0.15, 0.2) is 0 Å². The van der Waals surface area contributed by atoms with Crippen molar-refractivity contribution in [1.82, 2.24) is 19.2 Å². The Labute approximate surface area is 187 Å². The number of sulfonamides is 1. The van der Waals surface area contributed by atoms with Gasteiger partial charge in [-0.15, -0.1) is 0 Å². The van der Waals surface area contributed by atoms with E-state index in [2.05, 4.69) is 20.2 Å². The molecule has 4 rings (SSSR count). The van der Waals surface area contributed by atoms with Crippen molar-refractivity contribution in [1.29, 1.82) is 0 Å². The van der Waals surface area contributed by atoms with Crippen molar-refractivity contribution < 1.29 is 12.8 Å². The van der Waals surface area contributed by atoms with Crippen LogP contribution in [0.15, 0.2) is 18.3 Å². The first-order chi connectivity index (χ1) is 14.6. The SMILES string of the molecule is Cc1cc(Nc2ncc(Cl)c(C)n2)c(F)cc1C1CCN(C2CN(S(C)(=O)=O)C2)CC1. The first kappa shape index (κ1) is 22.4. The second-order valence-electron chi connectivity index (χ2n) is 8.48. The summed E-state index contributed by atoms with van der Waals surface area (Å²) in [6.07, 6.45) is 4.62. The van der Waals surface area contributed by atoms with E-state index in [4.69, 9.17) is 11.6 Å². The minimum Gasteiger partial charge on any atom is -0.322 e. The summed E-state index contributed by atoms with van der Waals surface area (Å²) in [4.78, 5) is 10.7. The van der Waals surface area contributed by atoms with E-state index < -0.39 is 10.0 Å². The van der Waals surface area contributed by atoms with Gasteiger partial charge in [-0.1, -0.05) is 11.6 Å². The number of nitrogens with one attached hydrogen (secondary N) is 1. The molecule has 2 aliphatic heterocycles. The molecule has 2 aliphatic rings. The topological polar surface area (TPSA) is 78.4 Å². The number of likely N-dealkylation sites (tertiary alicyclic amines) is 1. The fraction of sp³-hybridized carbons (Fsp3) is 0.524. The maximum Gasteiger partial charge on any atom is 0.227 e. The maximum absolute atomic E-state index is 14.9. The molecular weight excluding hydrogens is 441 g/mol. The van der Waals surface area contributed by atoms with Gasteiger partial charge in [-0.2, -0.15) is 4.31 Å². The van der Waals surface area contributed by atoms with Gasteiger partial charge in [0.05, 0.1) is 28.9 Å². The van der Waals surface area contributed by atoms with Crippen LogP contribution < -0.4 is 5.32 Å². The predicted molar refractivity (Wildman–Crippen MR) is 120 cm³/mol. The highest BCUT2D eigenvalue weighted by atomic mass is 35.5. The van der Waals surface area contributed by atoms with Crippen LogP contribution in [0.5, 0.6) is 0 Å². The molecular formula is C21H27ClFN5O2S. The fourth-order valence-corrected chi connectivity index (χ4v) is 5.34. The normalized spacial score (nSPS) is 19.4. The smallest absolute Gasteiger partial charge is 0.227 e. The lowest BCUT2D eigenvalue weighted by Crippen LogP contribution is -2.61. The third-order valence-electron chi connectivity index (χ3n) is 6.31. The third kappa shape index (κ3) is 4.84. The molecule has 0 amide bonds. The Hall–Kier alpha value is -1.81. The largest absolute Gasteiger partial charge is 0.322 e. The van der Waals surface area contributed by atoms with E-state index in [1.807, 2.05) is 6.92 Å². The van der Waals surface area contributed by atoms with E-state index in [0.717, 1.165) is 37.1 Å². The summed E-state index contributed by atoms with van der Waals surface area (Å²) >= 11 is 5.96. The quantitative estimate of drug-likeness (QED) is 0.725. The van der Waals surface area contributed by atoms with Crippen molar-refractivity contribution in [2.45, 2.75) is 38.6 Å². The minimum absolute atomic E-state index is 0.292. The summed E-state index contributed by atoms with van der Waals surface area (Å²) in [5.41, 5.74) is 3.03. The van der Waals surface area contributed by atoms with Gasteiger partial charge in [0.2, 0.25) is 16.0 Å². The second-order valence-corrected chi connectivity index (χ2v) is 10.9. The number of hydrogen-bond acceptors (Lipinski definition) is 6. The minimum atomic E-state index is -3.09. The maximum atomic E-state index is 14.9. The Bertz CT molecular complexity index is 1080. The summed E-state index contributed by atoms with van der Waals surface area (Å²) in [7, 11) is -3.09. The molecule has 0 atom stereocenters. The summed E-state index contributed by atoms with van der Waals surface area (Å²) < 4.78 is 39.5. The van der Waals surface area contributed by atoms with Crippen LogP contribution >= 0.6 is 11.6 Å². The zero-order chi connectivity index (χ0) is 22.3. The van der Waals surface area contributed by atoms with Crippen LogP contribution in [0, 0.1) is 19.7 Å². The molecule has 1 N–H and O–H groups in total. The summed E-state index contributed by atoms with van der Waals surface area (Å²) in [6.45, 7) is 6.70. The van der Waals surface area contributed by atoms with Gasteiger partial charge in [0.1, 0.15) is 5.82 Å². The average molecular weight is 468 g/mol. The summed E-state index contributed by atoms with van der Waals surface area (Å²) in [5, 5.41) is 3.41. The van der Waals surface area contributed by atoms with Gasteiger partial charge in [-0.25, -0.2) is 22.8 Å². The molecule has 2 fully saturated rings. The molecule has 0 bridgehead atoms. The molecule has 3 heterocycles. The van der Waals surface area contributed by atoms with Crippen LogP contribution in [0.25, 0.3) is 0 Å². The third-order valence-corrected chi connectivity index (χ3v) is 7.91. The zero-order valence-corrected chi connectivity index (χ0v) is 19.5. The highest BCUT2D eigenvalue weighted by molar-refractivity contribution is 7.88. The second kappa shape index (κ2) is 8.61. The Balaban J connectivity index is 1.39. The number of aryl methyl sites for hydroxylation is 2. The monoisotopic (exact) mass is 467 g/mol. The molecule has 2 aromatic rings. The van der Waals surface area contributed by atoms with Gasteiger partial charge in [0.25, 0.3) is 0 Å². The number of rotatable bonds is 5. The first-order valence-corrected chi connectivity index (χ1v) is 12.6. The molecule has 1 aromatic heterocycles. The van der Waals surface area contributed by atoms with E-state index >= 15 is 0 Å². The molecule has 0 spiro atoms. The van der Waals surface area contributed by atoms with Gasteiger partial charge in [-0.05, 0) is 69.0 Å². The molecule has 0 aliphatic carbocycles. The number of nitrogens with zero attached hydrogens (tertiary/aromatic N) is 4. The number of piperidine rings is 1. The molecule has 1 aromatic carbocycles. The lowest BCUT2D eigenvalue weighted by molar-refractivity contribution is 0.0667. The lowest BCUT2D eigenvalue weighted by atomic mass is 9.85. The van der Waals surface area contributed by atoms with Crippen LogP contribution in [0.1, 0.15) is 35.6 Å². The van der Waals surface area contributed by atoms with Crippen molar-refractivity contribution in [2.75, 3.05) is 37.8 Å². The Morgan fingerprint density at radius 3 is 2.48 bits per heavy atom. The van der Waals surface area contributed by atoms with Crippen molar-refractivity contribution in [3.8, 4) is 0 Å². The van der Waals surface area contributed by atoms with E-state index in [1.54, 1.807) is 19.1 Å². The highest BCUT2D eigenvalue weighted by Crippen LogP contribution is 2.35. The van der Waals surface area contributed by atoms with Crippen molar-refractivity contribution in [2.24, 2.45) is 0 Å². The van der Waals surface area contributed by atoms with Crippen molar-refractivity contribution in [3.63, 3.8) is 0 Å². The van der Waals surface area contributed by atoms with Crippen LogP contribution in [-0.4, -0.2) is 66.1 Å². The number of aromatic nitrogens is 2. The van der Waals surface area contributed by atoms with Gasteiger partial charge >= 0.3 is 0 Å². The van der Waals surface area contributed by atoms with Crippen molar-refractivity contribution >= 4 is 33.3 Å². The fourth-order valence-electron chi connectivity index (χ4n) is 4.36. The van der Waals surface area contributed by atoms with Crippen LogP contribution in [-0.2, 0) is 10.0 Å². The highest BCUT2D eigenvalue weighted by Gasteiger charge is 2.38. The Kier molecular flexibility index (Phi) is 6.22. The van der Waals surface area contributed by atoms with Gasteiger partial charge < -0.3 is 5.32 Å². The number of benzene rings is 1. The average Bonchev–Trinajstić information content (AvgIpc) is 2.66. The molecule has 0 unspecified atom stereocenters. The molecule has 7 nitrogen and oxygen atoms in total. The summed E-state index contributed by atoms with van der Waals surface area (Å²) in [6, 6.07) is 3.72. The van der Waals surface area contributed by atoms with Gasteiger partial charge in [0, 0.05) is 19.1 Å². The molecule has 2 saturated heterocycles. The first-order valence-electron chi connectivity index (χ1n) is 10.4. The molecule has 10 heteroatoms. The van der Waals surface area contributed by atoms with E-state index in [9.17, 15) is 12.8 Å². The molecule has 31 heavy (non-hydrogen) atoms. The van der Waals surface area contributed by atoms with Crippen molar-refractivity contribution in [3.05, 3.63) is 46.0 Å². The lowest BCUT2D eigenvalue weighted by Gasteiger charge is -2.46. The number of halogens is 2. The van der Waals surface area contributed by atoms with Crippen LogP contribution in [0.2, 0.25) is 5.02 Å². The molecule has 168 valence electrons. The molecule has 0 saturated carbocycles. The number of anilines is 2. The predicted octanol–water partition coefficient (Wildman–Crippen LogP) is 3.45. The van der Waals surface area contributed by atoms with E-state index in [0.29, 0.717) is 47.4 Å².